The van der Waals surface area contributed by atoms with Crippen molar-refractivity contribution in [2.24, 2.45) is 7.05 Å². The molecule has 0 radical (unpaired) electrons. The molecular formula is C27H26F5N7O2. The van der Waals surface area contributed by atoms with E-state index in [4.69, 9.17) is 10.1 Å². The predicted octanol–water partition coefficient (Wildman–Crippen LogP) is 4.79. The number of rotatable bonds is 7. The first-order valence-corrected chi connectivity index (χ1v) is 12.6. The van der Waals surface area contributed by atoms with E-state index in [2.05, 4.69) is 10.1 Å². The molecule has 14 heteroatoms. The van der Waals surface area contributed by atoms with Gasteiger partial charge in [-0.2, -0.15) is 27.1 Å². The van der Waals surface area contributed by atoms with Gasteiger partial charge in [-0.25, -0.2) is 0 Å². The molecule has 1 aliphatic rings. The summed E-state index contributed by atoms with van der Waals surface area (Å²) in [6, 6.07) is 5.97. The van der Waals surface area contributed by atoms with Crippen LogP contribution in [-0.4, -0.2) is 48.4 Å². The van der Waals surface area contributed by atoms with Crippen molar-refractivity contribution >= 4 is 5.91 Å². The minimum Gasteiger partial charge on any atom is -0.497 e. The van der Waals surface area contributed by atoms with Crippen LogP contribution in [0.3, 0.4) is 0 Å². The molecule has 1 N–H and O–H groups in total. The molecule has 0 bridgehead atoms. The summed E-state index contributed by atoms with van der Waals surface area (Å²) in [7, 11) is 2.89. The van der Waals surface area contributed by atoms with Gasteiger partial charge in [0.25, 0.3) is 5.91 Å². The summed E-state index contributed by atoms with van der Waals surface area (Å²) < 4.78 is 76.5. The molecule has 9 nitrogen and oxygen atoms in total. The molecule has 4 heterocycles. The largest absolute Gasteiger partial charge is 0.497 e. The van der Waals surface area contributed by atoms with Gasteiger partial charge in [0.05, 0.1) is 25.4 Å². The topological polar surface area (TPSA) is 94.0 Å². The van der Waals surface area contributed by atoms with Crippen molar-refractivity contribution in [1.82, 2.24) is 28.8 Å². The molecule has 1 unspecified atom stereocenters. The van der Waals surface area contributed by atoms with Gasteiger partial charge >= 0.3 is 12.7 Å². The van der Waals surface area contributed by atoms with Crippen LogP contribution >= 0.6 is 0 Å². The number of fused-ring (bicyclic) bond motifs is 1. The van der Waals surface area contributed by atoms with Crippen molar-refractivity contribution in [3.63, 3.8) is 0 Å². The van der Waals surface area contributed by atoms with Gasteiger partial charge in [0.15, 0.2) is 5.69 Å². The van der Waals surface area contributed by atoms with Crippen LogP contribution in [0.1, 0.15) is 52.4 Å². The van der Waals surface area contributed by atoms with E-state index >= 15 is 0 Å². The lowest BCUT2D eigenvalue weighted by Gasteiger charge is -2.34. The first-order valence-electron chi connectivity index (χ1n) is 12.6. The Morgan fingerprint density at radius 3 is 2.51 bits per heavy atom. The Bertz CT molecular complexity index is 1670. The summed E-state index contributed by atoms with van der Waals surface area (Å²) in [5.41, 5.74) is -0.0447. The second-order valence-electron chi connectivity index (χ2n) is 9.71. The number of pyridine rings is 1. The van der Waals surface area contributed by atoms with E-state index in [9.17, 15) is 26.7 Å². The van der Waals surface area contributed by atoms with E-state index in [1.807, 2.05) is 0 Å². The number of ether oxygens (including phenoxy) is 1. The number of nitrogens with one attached hydrogen (secondary N) is 1. The third-order valence-electron chi connectivity index (χ3n) is 7.16. The molecule has 1 aliphatic heterocycles. The zero-order chi connectivity index (χ0) is 29.6. The van der Waals surface area contributed by atoms with Crippen LogP contribution in [0.15, 0.2) is 49.1 Å². The third kappa shape index (κ3) is 5.21. The summed E-state index contributed by atoms with van der Waals surface area (Å²) in [4.78, 5) is 19.8. The molecule has 3 aromatic heterocycles. The Morgan fingerprint density at radius 2 is 1.85 bits per heavy atom. The number of benzene rings is 1. The molecule has 0 saturated heterocycles. The average Bonchev–Trinajstić information content (AvgIpc) is 3.51. The smallest absolute Gasteiger partial charge is 0.435 e. The summed E-state index contributed by atoms with van der Waals surface area (Å²) in [5.74, 6) is 0.150. The highest BCUT2D eigenvalue weighted by atomic mass is 19.4. The Balaban J connectivity index is 1.63. The molecule has 1 atom stereocenters. The maximum atomic E-state index is 14.0. The van der Waals surface area contributed by atoms with Crippen LogP contribution in [0.4, 0.5) is 22.0 Å². The van der Waals surface area contributed by atoms with Gasteiger partial charge in [-0.15, -0.1) is 0 Å². The number of carbonyl (C=O) groups excluding carboxylic acids is 1. The van der Waals surface area contributed by atoms with Gasteiger partial charge < -0.3 is 14.2 Å². The maximum absolute atomic E-state index is 14.0. The van der Waals surface area contributed by atoms with Crippen molar-refractivity contribution in [2.75, 3.05) is 13.7 Å². The number of halogens is 5. The normalized spacial score (nSPS) is 14.5. The molecule has 216 valence electrons. The van der Waals surface area contributed by atoms with Crippen molar-refractivity contribution in [3.8, 4) is 16.9 Å². The minimum absolute atomic E-state index is 0.124. The van der Waals surface area contributed by atoms with Crippen LogP contribution in [-0.2, 0) is 26.2 Å². The molecule has 4 aromatic rings. The fourth-order valence-corrected chi connectivity index (χ4v) is 5.14. The van der Waals surface area contributed by atoms with Crippen LogP contribution < -0.4 is 10.4 Å². The van der Waals surface area contributed by atoms with Crippen LogP contribution in [0.25, 0.3) is 11.1 Å². The lowest BCUT2D eigenvalue weighted by Crippen LogP contribution is -2.40. The second-order valence-corrected chi connectivity index (χ2v) is 9.71. The lowest BCUT2D eigenvalue weighted by atomic mass is 9.87. The van der Waals surface area contributed by atoms with E-state index in [1.165, 1.54) is 37.2 Å². The van der Waals surface area contributed by atoms with Crippen molar-refractivity contribution in [2.45, 2.75) is 38.7 Å². The molecule has 1 aromatic carbocycles. The first-order chi connectivity index (χ1) is 19.4. The summed E-state index contributed by atoms with van der Waals surface area (Å²) in [6.45, 7) is -1.04. The quantitative estimate of drug-likeness (QED) is 0.321. The highest BCUT2D eigenvalue weighted by Crippen LogP contribution is 2.40. The average molecular weight is 576 g/mol. The van der Waals surface area contributed by atoms with E-state index in [1.54, 1.807) is 36.2 Å². The van der Waals surface area contributed by atoms with Crippen molar-refractivity contribution < 1.29 is 31.5 Å². The van der Waals surface area contributed by atoms with Crippen LogP contribution in [0.2, 0.25) is 0 Å². The number of aryl methyl sites for hydroxylation is 1. The van der Waals surface area contributed by atoms with Gasteiger partial charge in [0.1, 0.15) is 5.75 Å². The number of carbonyl (C=O) groups is 1. The summed E-state index contributed by atoms with van der Waals surface area (Å²) >= 11 is 0. The molecular weight excluding hydrogens is 549 g/mol. The van der Waals surface area contributed by atoms with Gasteiger partial charge in [0, 0.05) is 55.6 Å². The number of hydrogen-bond donors (Lipinski definition) is 1. The number of aromatic nitrogens is 5. The van der Waals surface area contributed by atoms with E-state index in [0.717, 1.165) is 10.9 Å². The highest BCUT2D eigenvalue weighted by molar-refractivity contribution is 5.99. The fourth-order valence-electron chi connectivity index (χ4n) is 5.14. The molecule has 41 heavy (non-hydrogen) atoms. The van der Waals surface area contributed by atoms with Gasteiger partial charge in [-0.3, -0.25) is 24.4 Å². The monoisotopic (exact) mass is 575 g/mol. The number of imidazole rings is 1. The number of amides is 1. The summed E-state index contributed by atoms with van der Waals surface area (Å²) in [6.07, 6.45) is 0.641. The van der Waals surface area contributed by atoms with Crippen molar-refractivity contribution in [1.29, 1.82) is 5.41 Å². The molecule has 0 spiro atoms. The third-order valence-corrected chi connectivity index (χ3v) is 7.16. The van der Waals surface area contributed by atoms with E-state index in [-0.39, 0.29) is 36.2 Å². The zero-order valence-corrected chi connectivity index (χ0v) is 22.3. The van der Waals surface area contributed by atoms with Gasteiger partial charge in [-0.05, 0) is 48.2 Å². The van der Waals surface area contributed by atoms with Crippen LogP contribution in [0, 0.1) is 5.41 Å². The SMILES string of the molecule is COc1ccnc(C(C)N2CCc3c(cc(Cn4ccn(C(F)F)c4=N)cc3-c3cn(C)nc3C(F)(F)F)C2=O)c1. The van der Waals surface area contributed by atoms with E-state index < -0.39 is 36.0 Å². The predicted molar refractivity (Wildman–Crippen MR) is 136 cm³/mol. The van der Waals surface area contributed by atoms with Crippen molar-refractivity contribution in [3.05, 3.63) is 82.7 Å². The number of hydrogen-bond acceptors (Lipinski definition) is 5. The molecule has 0 saturated carbocycles. The fraction of sp³-hybridized carbons (Fsp3) is 0.333. The van der Waals surface area contributed by atoms with Gasteiger partial charge in [-0.1, -0.05) is 0 Å². The Morgan fingerprint density at radius 1 is 1.12 bits per heavy atom. The maximum Gasteiger partial charge on any atom is 0.435 e. The summed E-state index contributed by atoms with van der Waals surface area (Å²) in [5, 5.41) is 11.7. The van der Waals surface area contributed by atoms with Gasteiger partial charge in [0.2, 0.25) is 5.62 Å². The molecule has 1 amide bonds. The molecule has 0 fully saturated rings. The Labute approximate surface area is 230 Å². The standard InChI is InChI=1S/C27H26F5N7O2/c1-15(22-12-17(41-3)4-6-34-22)38-7-5-18-19(21-14-36(2)35-23(21)27(30,31)32)10-16(11-20(18)24(38)40)13-37-8-9-39(25(28)29)26(37)33/h4,6,8-12,14-15,25,33H,5,7,13H2,1-3H3. The number of alkyl halides is 5. The highest BCUT2D eigenvalue weighted by Gasteiger charge is 2.39. The Kier molecular flexibility index (Phi) is 7.17. The molecule has 5 rings (SSSR count). The first kappa shape index (κ1) is 28.1. The van der Waals surface area contributed by atoms with E-state index in [0.29, 0.717) is 27.1 Å². The number of methoxy groups -OCH3 is 1. The zero-order valence-electron chi connectivity index (χ0n) is 22.3. The lowest BCUT2D eigenvalue weighted by molar-refractivity contribution is -0.141. The minimum atomic E-state index is -4.76. The Hall–Kier alpha value is -4.49. The second kappa shape index (κ2) is 10.5. The number of nitrogens with zero attached hydrogens (tertiary/aromatic N) is 6. The molecule has 0 aliphatic carbocycles. The van der Waals surface area contributed by atoms with Crippen LogP contribution in [0.5, 0.6) is 5.75 Å².